The summed E-state index contributed by atoms with van der Waals surface area (Å²) < 4.78 is 1.04. The summed E-state index contributed by atoms with van der Waals surface area (Å²) in [5.74, 6) is 0. The summed E-state index contributed by atoms with van der Waals surface area (Å²) in [6.07, 6.45) is 0. The number of rotatable bonds is 5. The minimum atomic E-state index is 0.707. The highest BCUT2D eigenvalue weighted by Crippen LogP contribution is 2.39. The smallest absolute Gasteiger partial charge is 0.204 e. The van der Waals surface area contributed by atoms with E-state index in [1.807, 2.05) is 73.7 Å². The molecule has 29 heavy (non-hydrogen) atoms. The van der Waals surface area contributed by atoms with Crippen molar-refractivity contribution >= 4 is 49.7 Å². The fourth-order valence-electron chi connectivity index (χ4n) is 2.84. The summed E-state index contributed by atoms with van der Waals surface area (Å²) in [7, 11) is 0. The van der Waals surface area contributed by atoms with Crippen LogP contribution in [0.1, 0.15) is 12.5 Å². The maximum absolute atomic E-state index is 6.06. The predicted octanol–water partition coefficient (Wildman–Crippen LogP) is 7.73. The van der Waals surface area contributed by atoms with E-state index in [1.54, 1.807) is 11.3 Å². The average molecular weight is 483 g/mol. The molecule has 4 aromatic rings. The second kappa shape index (κ2) is 8.91. The van der Waals surface area contributed by atoms with E-state index >= 15 is 0 Å². The first-order valence-corrected chi connectivity index (χ1v) is 11.0. The molecule has 0 atom stereocenters. The molecule has 144 valence electrons. The van der Waals surface area contributed by atoms with Crippen LogP contribution < -0.4 is 5.43 Å². The van der Waals surface area contributed by atoms with Crippen molar-refractivity contribution in [1.29, 1.82) is 0 Å². The molecule has 3 aromatic carbocycles. The van der Waals surface area contributed by atoms with Crippen LogP contribution in [0.15, 0.2) is 88.4 Å². The molecule has 1 aromatic heterocycles. The second-order valence-electron chi connectivity index (χ2n) is 6.39. The Labute approximate surface area is 187 Å². The fraction of sp³-hybridized carbons (Fsp3) is 0.0435. The van der Waals surface area contributed by atoms with Gasteiger partial charge in [0.15, 0.2) is 0 Å². The third-order valence-corrected chi connectivity index (χ3v) is 6.15. The molecule has 0 amide bonds. The molecule has 0 spiro atoms. The van der Waals surface area contributed by atoms with Crippen LogP contribution in [-0.2, 0) is 0 Å². The zero-order valence-electron chi connectivity index (χ0n) is 15.6. The first-order chi connectivity index (χ1) is 14.1. The van der Waals surface area contributed by atoms with Crippen molar-refractivity contribution in [1.82, 2.24) is 4.98 Å². The summed E-state index contributed by atoms with van der Waals surface area (Å²) in [6, 6.07) is 26.1. The van der Waals surface area contributed by atoms with E-state index in [4.69, 9.17) is 16.6 Å². The molecule has 0 aliphatic rings. The van der Waals surface area contributed by atoms with Gasteiger partial charge in [0, 0.05) is 15.1 Å². The number of nitrogens with one attached hydrogen (secondary N) is 1. The molecule has 1 N–H and O–H groups in total. The highest BCUT2D eigenvalue weighted by atomic mass is 79.9. The molecule has 0 fully saturated rings. The van der Waals surface area contributed by atoms with Gasteiger partial charge in [0.1, 0.15) is 0 Å². The van der Waals surface area contributed by atoms with Crippen LogP contribution in [0.4, 0.5) is 5.13 Å². The standard InChI is InChI=1S/C23H17BrClN3S/c1-15(16-7-11-19(24)12-8-16)27-28-23-26-21(17-9-13-20(25)14-10-17)22(29-23)18-5-3-2-4-6-18/h2-14H,1H3,(H,26,28)/b27-15-. The van der Waals surface area contributed by atoms with Crippen molar-refractivity contribution < 1.29 is 0 Å². The van der Waals surface area contributed by atoms with Gasteiger partial charge >= 0.3 is 0 Å². The summed E-state index contributed by atoms with van der Waals surface area (Å²) >= 11 is 11.1. The number of hydrogen-bond acceptors (Lipinski definition) is 4. The molecule has 0 aliphatic carbocycles. The van der Waals surface area contributed by atoms with E-state index in [0.717, 1.165) is 42.6 Å². The molecule has 0 unspecified atom stereocenters. The van der Waals surface area contributed by atoms with Crippen LogP contribution in [0.5, 0.6) is 0 Å². The Hall–Kier alpha value is -2.47. The van der Waals surface area contributed by atoms with Crippen LogP contribution in [0.3, 0.4) is 0 Å². The van der Waals surface area contributed by atoms with E-state index in [1.165, 1.54) is 0 Å². The fourth-order valence-corrected chi connectivity index (χ4v) is 4.17. The SMILES string of the molecule is C/C(=N/Nc1nc(-c2ccc(Cl)cc2)c(-c2ccccc2)s1)c1ccc(Br)cc1. The highest BCUT2D eigenvalue weighted by molar-refractivity contribution is 9.10. The molecule has 6 heteroatoms. The largest absolute Gasteiger partial charge is 0.252 e. The van der Waals surface area contributed by atoms with Gasteiger partial charge in [-0.25, -0.2) is 4.98 Å². The van der Waals surface area contributed by atoms with Crippen molar-refractivity contribution in [2.45, 2.75) is 6.92 Å². The quantitative estimate of drug-likeness (QED) is 0.233. The number of hydrogen-bond donors (Lipinski definition) is 1. The number of nitrogens with zero attached hydrogens (tertiary/aromatic N) is 2. The van der Waals surface area contributed by atoms with Gasteiger partial charge in [-0.3, -0.25) is 5.43 Å². The molecule has 0 saturated carbocycles. The maximum atomic E-state index is 6.06. The van der Waals surface area contributed by atoms with E-state index in [-0.39, 0.29) is 0 Å². The van der Waals surface area contributed by atoms with Gasteiger partial charge in [-0.15, -0.1) is 0 Å². The van der Waals surface area contributed by atoms with Gasteiger partial charge in [-0.05, 0) is 42.3 Å². The molecule has 0 bridgehead atoms. The number of thiazole rings is 1. The molecule has 0 aliphatic heterocycles. The van der Waals surface area contributed by atoms with Gasteiger partial charge in [0.25, 0.3) is 0 Å². The van der Waals surface area contributed by atoms with Gasteiger partial charge in [0.2, 0.25) is 5.13 Å². The lowest BCUT2D eigenvalue weighted by molar-refractivity contribution is 1.27. The van der Waals surface area contributed by atoms with Crippen molar-refractivity contribution in [3.8, 4) is 21.7 Å². The molecule has 3 nitrogen and oxygen atoms in total. The Balaban J connectivity index is 1.68. The number of hydrazone groups is 1. The first kappa shape index (κ1) is 19.8. The molecular formula is C23H17BrClN3S. The Kier molecular flexibility index (Phi) is 6.09. The van der Waals surface area contributed by atoms with Crippen LogP contribution in [-0.4, -0.2) is 10.7 Å². The second-order valence-corrected chi connectivity index (χ2v) is 8.74. The number of benzene rings is 3. The van der Waals surface area contributed by atoms with Gasteiger partial charge in [-0.2, -0.15) is 5.10 Å². The molecule has 4 rings (SSSR count). The van der Waals surface area contributed by atoms with Crippen molar-refractivity contribution in [3.05, 3.63) is 93.9 Å². The Morgan fingerprint density at radius 2 is 1.62 bits per heavy atom. The van der Waals surface area contributed by atoms with Crippen molar-refractivity contribution in [2.75, 3.05) is 5.43 Å². The van der Waals surface area contributed by atoms with Crippen LogP contribution in [0.25, 0.3) is 21.7 Å². The molecular weight excluding hydrogens is 466 g/mol. The van der Waals surface area contributed by atoms with Crippen molar-refractivity contribution in [2.24, 2.45) is 5.10 Å². The summed E-state index contributed by atoms with van der Waals surface area (Å²) in [4.78, 5) is 5.91. The van der Waals surface area contributed by atoms with Crippen molar-refractivity contribution in [3.63, 3.8) is 0 Å². The Morgan fingerprint density at radius 3 is 2.31 bits per heavy atom. The number of halogens is 2. The van der Waals surface area contributed by atoms with Crippen LogP contribution >= 0.6 is 38.9 Å². The number of aromatic nitrogens is 1. The minimum Gasteiger partial charge on any atom is -0.252 e. The summed E-state index contributed by atoms with van der Waals surface area (Å²) in [6.45, 7) is 1.97. The molecule has 0 saturated heterocycles. The number of anilines is 1. The third kappa shape index (κ3) is 4.75. The zero-order chi connectivity index (χ0) is 20.2. The van der Waals surface area contributed by atoms with E-state index < -0.39 is 0 Å². The monoisotopic (exact) mass is 481 g/mol. The lowest BCUT2D eigenvalue weighted by atomic mass is 10.1. The van der Waals surface area contributed by atoms with Gasteiger partial charge in [-0.1, -0.05) is 93.5 Å². The predicted molar refractivity (Wildman–Crippen MR) is 128 cm³/mol. The maximum Gasteiger partial charge on any atom is 0.204 e. The highest BCUT2D eigenvalue weighted by Gasteiger charge is 2.15. The van der Waals surface area contributed by atoms with Crippen LogP contribution in [0, 0.1) is 0 Å². The minimum absolute atomic E-state index is 0.707. The van der Waals surface area contributed by atoms with E-state index in [2.05, 4.69) is 38.6 Å². The van der Waals surface area contributed by atoms with Gasteiger partial charge in [0.05, 0.1) is 16.3 Å². The summed E-state index contributed by atoms with van der Waals surface area (Å²) in [5.41, 5.74) is 8.13. The van der Waals surface area contributed by atoms with Crippen LogP contribution in [0.2, 0.25) is 5.02 Å². The average Bonchev–Trinajstić information content (AvgIpc) is 3.18. The summed E-state index contributed by atoms with van der Waals surface area (Å²) in [5, 5.41) is 5.98. The van der Waals surface area contributed by atoms with Gasteiger partial charge < -0.3 is 0 Å². The normalized spacial score (nSPS) is 11.5. The lowest BCUT2D eigenvalue weighted by Gasteiger charge is -2.02. The Bertz CT molecular complexity index is 1140. The topological polar surface area (TPSA) is 37.3 Å². The first-order valence-electron chi connectivity index (χ1n) is 8.98. The van der Waals surface area contributed by atoms with E-state index in [9.17, 15) is 0 Å². The zero-order valence-corrected chi connectivity index (χ0v) is 18.7. The lowest BCUT2D eigenvalue weighted by Crippen LogP contribution is -1.99. The van der Waals surface area contributed by atoms with E-state index in [0.29, 0.717) is 5.02 Å². The Morgan fingerprint density at radius 1 is 0.931 bits per heavy atom. The third-order valence-electron chi connectivity index (χ3n) is 4.36. The molecule has 1 heterocycles. The molecule has 0 radical (unpaired) electrons.